The molecule has 0 fully saturated rings. The summed E-state index contributed by atoms with van der Waals surface area (Å²) in [6, 6.07) is 6.03. The van der Waals surface area contributed by atoms with Crippen LogP contribution in [-0.4, -0.2) is 9.78 Å². The Kier molecular flexibility index (Phi) is 1.59. The van der Waals surface area contributed by atoms with Crippen LogP contribution in [0.4, 0.5) is 4.39 Å². The molecule has 0 N–H and O–H groups in total. The summed E-state index contributed by atoms with van der Waals surface area (Å²) < 4.78 is 24.2. The highest BCUT2D eigenvalue weighted by Gasteiger charge is 2.22. The van der Waals surface area contributed by atoms with E-state index >= 15 is 0 Å². The maximum Gasteiger partial charge on any atom is 0.278 e. The van der Waals surface area contributed by atoms with Crippen LogP contribution in [0.1, 0.15) is 13.6 Å². The molecule has 0 atom stereocenters. The maximum atomic E-state index is 12.8. The Bertz CT molecular complexity index is 533. The zero-order chi connectivity index (χ0) is 11.1. The van der Waals surface area contributed by atoms with Gasteiger partial charge in [0.2, 0.25) is 6.30 Å². The number of aromatic nitrogens is 3. The van der Waals surface area contributed by atoms with Crippen LogP contribution in [0.3, 0.4) is 0 Å². The van der Waals surface area contributed by atoms with E-state index in [0.29, 0.717) is 6.30 Å². The second-order valence-corrected chi connectivity index (χ2v) is 3.66. The summed E-state index contributed by atoms with van der Waals surface area (Å²) in [6.45, 7) is 0.857. The van der Waals surface area contributed by atoms with E-state index in [2.05, 4.69) is 5.10 Å². The summed E-state index contributed by atoms with van der Waals surface area (Å²) in [5.41, 5.74) is 0.730. The molecule has 0 saturated carbocycles. The van der Waals surface area contributed by atoms with Gasteiger partial charge in [0, 0.05) is 11.5 Å². The van der Waals surface area contributed by atoms with Gasteiger partial charge >= 0.3 is 0 Å². The van der Waals surface area contributed by atoms with E-state index in [1.807, 2.05) is 4.57 Å². The lowest BCUT2D eigenvalue weighted by atomic mass is 10.3. The lowest BCUT2D eigenvalue weighted by molar-refractivity contribution is -0.691. The topological polar surface area (TPSA) is 21.7 Å². The zero-order valence-corrected chi connectivity index (χ0v) is 8.15. The van der Waals surface area contributed by atoms with Gasteiger partial charge in [-0.3, -0.25) is 0 Å². The van der Waals surface area contributed by atoms with E-state index < -0.39 is 0 Å². The quantitative estimate of drug-likeness (QED) is 0.642. The molecular formula is C11H11FN3+. The minimum atomic E-state index is -0.275. The van der Waals surface area contributed by atoms with Crippen molar-refractivity contribution in [3.05, 3.63) is 42.2 Å². The smallest absolute Gasteiger partial charge is 0.234 e. The van der Waals surface area contributed by atoms with E-state index in [1.165, 1.54) is 12.1 Å². The molecule has 15 heavy (non-hydrogen) atoms. The van der Waals surface area contributed by atoms with Gasteiger partial charge in [0.1, 0.15) is 12.9 Å². The highest BCUT2D eigenvalue weighted by atomic mass is 19.1. The second-order valence-electron chi connectivity index (χ2n) is 3.66. The lowest BCUT2D eigenvalue weighted by Crippen LogP contribution is -2.29. The van der Waals surface area contributed by atoms with Crippen molar-refractivity contribution in [2.24, 2.45) is 0 Å². The normalized spacial score (nSPS) is 15.1. The second kappa shape index (κ2) is 3.15. The Morgan fingerprint density at radius 1 is 1.40 bits per heavy atom. The minimum Gasteiger partial charge on any atom is -0.234 e. The van der Waals surface area contributed by atoms with E-state index in [1.54, 1.807) is 16.8 Å². The first-order valence-electron chi connectivity index (χ1n) is 5.50. The molecule has 76 valence electrons. The lowest BCUT2D eigenvalue weighted by Gasteiger charge is -1.92. The fourth-order valence-corrected chi connectivity index (χ4v) is 1.82. The van der Waals surface area contributed by atoms with Crippen molar-refractivity contribution in [2.45, 2.75) is 19.4 Å². The van der Waals surface area contributed by atoms with Gasteiger partial charge in [-0.1, -0.05) is 4.68 Å². The van der Waals surface area contributed by atoms with Gasteiger partial charge < -0.3 is 0 Å². The number of rotatable bonds is 1. The summed E-state index contributed by atoms with van der Waals surface area (Å²) >= 11 is 0. The third-order valence-corrected chi connectivity index (χ3v) is 2.60. The molecule has 0 saturated heterocycles. The van der Waals surface area contributed by atoms with Crippen LogP contribution in [0.15, 0.2) is 30.6 Å². The Morgan fingerprint density at radius 3 is 2.93 bits per heavy atom. The van der Waals surface area contributed by atoms with E-state index in [0.717, 1.165) is 30.9 Å². The molecule has 0 radical (unpaired) electrons. The number of fused-ring (bicyclic) bond motifs is 1. The van der Waals surface area contributed by atoms with E-state index in [9.17, 15) is 4.39 Å². The summed E-state index contributed by atoms with van der Waals surface area (Å²) in [7, 11) is 0. The largest absolute Gasteiger partial charge is 0.278 e. The molecule has 3 nitrogen and oxygen atoms in total. The molecule has 2 heterocycles. The van der Waals surface area contributed by atoms with Crippen molar-refractivity contribution in [3.8, 4) is 5.69 Å². The van der Waals surface area contributed by atoms with Gasteiger partial charge in [-0.2, -0.15) is 0 Å². The van der Waals surface area contributed by atoms with Crippen molar-refractivity contribution in [3.63, 3.8) is 0 Å². The number of halogens is 1. The van der Waals surface area contributed by atoms with Crippen LogP contribution in [0, 0.1) is 5.82 Å². The van der Waals surface area contributed by atoms with Gasteiger partial charge in [0.05, 0.1) is 6.54 Å². The van der Waals surface area contributed by atoms with Crippen LogP contribution in [0.5, 0.6) is 0 Å². The summed E-state index contributed by atoms with van der Waals surface area (Å²) in [5, 5.41) is 4.36. The highest BCUT2D eigenvalue weighted by molar-refractivity contribution is 5.29. The van der Waals surface area contributed by atoms with Crippen LogP contribution >= 0.6 is 0 Å². The van der Waals surface area contributed by atoms with Crippen LogP contribution < -0.4 is 4.57 Å². The summed E-state index contributed by atoms with van der Waals surface area (Å²) in [4.78, 5) is 0. The molecule has 0 bridgehead atoms. The molecule has 4 heteroatoms. The molecule has 0 aliphatic carbocycles. The van der Waals surface area contributed by atoms with Crippen molar-refractivity contribution in [1.82, 2.24) is 9.78 Å². The van der Waals surface area contributed by atoms with Crippen molar-refractivity contribution in [2.75, 3.05) is 0 Å². The van der Waals surface area contributed by atoms with E-state index in [4.69, 9.17) is 1.37 Å². The monoisotopic (exact) mass is 205 g/mol. The maximum absolute atomic E-state index is 12.8. The van der Waals surface area contributed by atoms with Crippen LogP contribution in [-0.2, 0) is 13.0 Å². The third-order valence-electron chi connectivity index (χ3n) is 2.60. The van der Waals surface area contributed by atoms with Gasteiger partial charge in [0.15, 0.2) is 0 Å². The van der Waals surface area contributed by atoms with Crippen molar-refractivity contribution >= 4 is 0 Å². The molecule has 1 aliphatic heterocycles. The number of nitrogens with zero attached hydrogens (tertiary/aromatic N) is 3. The molecule has 1 aromatic heterocycles. The molecule has 0 spiro atoms. The number of aryl methyl sites for hydroxylation is 1. The van der Waals surface area contributed by atoms with Gasteiger partial charge in [-0.05, 0) is 30.7 Å². The zero-order valence-electron chi connectivity index (χ0n) is 9.15. The third kappa shape index (κ3) is 1.42. The molecule has 0 amide bonds. The predicted octanol–water partition coefficient (Wildman–Crippen LogP) is 1.25. The Labute approximate surface area is 88.2 Å². The van der Waals surface area contributed by atoms with Gasteiger partial charge in [-0.15, -0.1) is 0 Å². The number of hydrogen-bond donors (Lipinski definition) is 0. The molecular weight excluding hydrogens is 193 g/mol. The average Bonchev–Trinajstić information content (AvgIpc) is 2.84. The van der Waals surface area contributed by atoms with Crippen molar-refractivity contribution < 1.29 is 10.3 Å². The first-order chi connectivity index (χ1) is 7.75. The van der Waals surface area contributed by atoms with Crippen LogP contribution in [0.25, 0.3) is 5.69 Å². The fraction of sp³-hybridized carbons (Fsp3) is 0.273. The van der Waals surface area contributed by atoms with Gasteiger partial charge in [-0.25, -0.2) is 8.96 Å². The summed E-state index contributed by atoms with van der Waals surface area (Å²) in [5.74, 6) is 0.664. The summed E-state index contributed by atoms with van der Waals surface area (Å²) in [6.07, 6.45) is 2.33. The molecule has 3 rings (SSSR count). The SMILES string of the molecule is [2H]c1n(-c2ccc(F)cc2)nc2[n+]1CCC2. The highest BCUT2D eigenvalue weighted by Crippen LogP contribution is 2.09. The molecule has 2 aromatic rings. The van der Waals surface area contributed by atoms with E-state index in [-0.39, 0.29) is 5.82 Å². The predicted molar refractivity (Wildman–Crippen MR) is 52.0 cm³/mol. The minimum absolute atomic E-state index is 0.275. The van der Waals surface area contributed by atoms with Gasteiger partial charge in [0.25, 0.3) is 5.82 Å². The Morgan fingerprint density at radius 2 is 2.20 bits per heavy atom. The molecule has 0 unspecified atom stereocenters. The Balaban J connectivity index is 2.10. The van der Waals surface area contributed by atoms with Crippen molar-refractivity contribution in [1.29, 1.82) is 0 Å². The molecule has 1 aliphatic rings. The Hall–Kier alpha value is -1.71. The standard InChI is InChI=1S/C11H11FN3/c12-9-3-5-10(6-4-9)15-8-14-7-1-2-11(14)13-15/h3-6,8H,1-2,7H2/q+1/i8D. The first kappa shape index (κ1) is 7.56. The average molecular weight is 205 g/mol. The molecule has 1 aromatic carbocycles. The number of benzene rings is 1. The fourth-order valence-electron chi connectivity index (χ4n) is 1.82. The number of hydrogen-bond acceptors (Lipinski definition) is 1. The first-order valence-corrected chi connectivity index (χ1v) is 5.00. The van der Waals surface area contributed by atoms with Crippen LogP contribution in [0.2, 0.25) is 0 Å².